The van der Waals surface area contributed by atoms with Crippen molar-refractivity contribution >= 4 is 0 Å². The molecule has 1 fully saturated rings. The number of fused-ring (bicyclic) bond motifs is 1. The third-order valence-corrected chi connectivity index (χ3v) is 5.42. The van der Waals surface area contributed by atoms with E-state index in [0.717, 1.165) is 29.7 Å². The Morgan fingerprint density at radius 3 is 2.55 bits per heavy atom. The molecule has 0 bridgehead atoms. The molecule has 1 saturated carbocycles. The van der Waals surface area contributed by atoms with Crippen LogP contribution in [0, 0.1) is 29.1 Å². The Bertz CT molecular complexity index is 529. The van der Waals surface area contributed by atoms with E-state index in [0.29, 0.717) is 0 Å². The minimum absolute atomic E-state index is 0.764. The third kappa shape index (κ3) is 2.66. The van der Waals surface area contributed by atoms with Crippen LogP contribution in [0.25, 0.3) is 0 Å². The van der Waals surface area contributed by atoms with Crippen LogP contribution in [0.15, 0.2) is 30.9 Å². The SMILES string of the molecule is C=CC1CCC(C2CCc3cc(C#N)ccc3C2)CC1. The zero-order valence-electron chi connectivity index (χ0n) is 12.1. The molecule has 1 atom stereocenters. The summed E-state index contributed by atoms with van der Waals surface area (Å²) in [6.45, 7) is 3.94. The van der Waals surface area contributed by atoms with Crippen LogP contribution in [-0.2, 0) is 12.8 Å². The molecule has 2 aliphatic rings. The summed E-state index contributed by atoms with van der Waals surface area (Å²) in [6.07, 6.45) is 11.3. The van der Waals surface area contributed by atoms with Crippen LogP contribution in [0.3, 0.4) is 0 Å². The first-order valence-electron chi connectivity index (χ1n) is 7.94. The summed E-state index contributed by atoms with van der Waals surface area (Å²) in [5.41, 5.74) is 3.72. The summed E-state index contributed by atoms with van der Waals surface area (Å²) >= 11 is 0. The van der Waals surface area contributed by atoms with Gasteiger partial charge < -0.3 is 0 Å². The molecule has 1 nitrogen and oxygen atoms in total. The summed E-state index contributed by atoms with van der Waals surface area (Å²) in [6, 6.07) is 8.52. The zero-order valence-corrected chi connectivity index (χ0v) is 12.1. The topological polar surface area (TPSA) is 23.8 Å². The molecule has 0 heterocycles. The average Bonchev–Trinajstić information content (AvgIpc) is 2.54. The fourth-order valence-electron chi connectivity index (χ4n) is 4.11. The largest absolute Gasteiger partial charge is 0.192 e. The van der Waals surface area contributed by atoms with Crippen molar-refractivity contribution in [1.29, 1.82) is 5.26 Å². The third-order valence-electron chi connectivity index (χ3n) is 5.42. The van der Waals surface area contributed by atoms with E-state index in [1.54, 1.807) is 0 Å². The summed E-state index contributed by atoms with van der Waals surface area (Å²) < 4.78 is 0. The lowest BCUT2D eigenvalue weighted by atomic mass is 9.70. The minimum atomic E-state index is 0.764. The smallest absolute Gasteiger partial charge is 0.0991 e. The second-order valence-corrected chi connectivity index (χ2v) is 6.51. The second kappa shape index (κ2) is 5.83. The van der Waals surface area contributed by atoms with Gasteiger partial charge in [0, 0.05) is 0 Å². The lowest BCUT2D eigenvalue weighted by Gasteiger charge is -2.36. The monoisotopic (exact) mass is 265 g/mol. The second-order valence-electron chi connectivity index (χ2n) is 6.51. The van der Waals surface area contributed by atoms with Gasteiger partial charge in [-0.15, -0.1) is 6.58 Å². The lowest BCUT2D eigenvalue weighted by molar-refractivity contribution is 0.206. The molecule has 3 rings (SSSR count). The molecule has 104 valence electrons. The van der Waals surface area contributed by atoms with E-state index in [2.05, 4.69) is 30.9 Å². The van der Waals surface area contributed by atoms with Gasteiger partial charge in [0.1, 0.15) is 0 Å². The van der Waals surface area contributed by atoms with Gasteiger partial charge in [-0.2, -0.15) is 5.26 Å². The van der Waals surface area contributed by atoms with Crippen LogP contribution in [0.2, 0.25) is 0 Å². The highest BCUT2D eigenvalue weighted by Gasteiger charge is 2.29. The standard InChI is InChI=1S/C19H23N/c1-2-14-3-6-16(7-4-14)18-10-9-17-11-15(13-20)5-8-19(17)12-18/h2,5,8,11,14,16,18H,1,3-4,6-7,9-10,12H2. The maximum absolute atomic E-state index is 8.99. The average molecular weight is 265 g/mol. The Morgan fingerprint density at radius 2 is 1.85 bits per heavy atom. The molecule has 1 heteroatoms. The van der Waals surface area contributed by atoms with Gasteiger partial charge in [-0.05, 0) is 86.0 Å². The van der Waals surface area contributed by atoms with Crippen LogP contribution in [0.4, 0.5) is 0 Å². The highest BCUT2D eigenvalue weighted by atomic mass is 14.3. The van der Waals surface area contributed by atoms with Gasteiger partial charge in [-0.3, -0.25) is 0 Å². The van der Waals surface area contributed by atoms with Crippen molar-refractivity contribution in [1.82, 2.24) is 0 Å². The van der Waals surface area contributed by atoms with Gasteiger partial charge in [-0.25, -0.2) is 0 Å². The molecule has 0 spiro atoms. The maximum atomic E-state index is 8.99. The molecule has 1 aromatic carbocycles. The van der Waals surface area contributed by atoms with Crippen LogP contribution < -0.4 is 0 Å². The molecule has 0 aliphatic heterocycles. The molecule has 0 radical (unpaired) electrons. The van der Waals surface area contributed by atoms with E-state index in [9.17, 15) is 0 Å². The number of nitrogens with zero attached hydrogens (tertiary/aromatic N) is 1. The molecule has 1 aromatic rings. The number of benzene rings is 1. The molecule has 0 saturated heterocycles. The van der Waals surface area contributed by atoms with Gasteiger partial charge in [0.25, 0.3) is 0 Å². The predicted octanol–water partition coefficient (Wildman–Crippen LogP) is 4.66. The zero-order chi connectivity index (χ0) is 13.9. The van der Waals surface area contributed by atoms with Gasteiger partial charge in [-0.1, -0.05) is 12.1 Å². The Balaban J connectivity index is 1.67. The Labute approximate surface area is 122 Å². The number of rotatable bonds is 2. The maximum Gasteiger partial charge on any atom is 0.0991 e. The van der Waals surface area contributed by atoms with Crippen LogP contribution in [0.1, 0.15) is 48.8 Å². The normalized spacial score (nSPS) is 29.2. The van der Waals surface area contributed by atoms with Crippen molar-refractivity contribution in [2.45, 2.75) is 44.9 Å². The molecule has 0 N–H and O–H groups in total. The Kier molecular flexibility index (Phi) is 3.92. The lowest BCUT2D eigenvalue weighted by Crippen LogP contribution is -2.26. The first-order valence-corrected chi connectivity index (χ1v) is 7.94. The van der Waals surface area contributed by atoms with Crippen molar-refractivity contribution in [2.24, 2.45) is 17.8 Å². The fourth-order valence-corrected chi connectivity index (χ4v) is 4.11. The number of nitriles is 1. The summed E-state index contributed by atoms with van der Waals surface area (Å²) in [5.74, 6) is 2.54. The number of aryl methyl sites for hydroxylation is 1. The summed E-state index contributed by atoms with van der Waals surface area (Å²) in [7, 11) is 0. The van der Waals surface area contributed by atoms with E-state index in [-0.39, 0.29) is 0 Å². The number of hydrogen-bond acceptors (Lipinski definition) is 1. The quantitative estimate of drug-likeness (QED) is 0.714. The minimum Gasteiger partial charge on any atom is -0.192 e. The Hall–Kier alpha value is -1.55. The van der Waals surface area contributed by atoms with E-state index in [4.69, 9.17) is 5.26 Å². The molecule has 0 aromatic heterocycles. The molecule has 20 heavy (non-hydrogen) atoms. The summed E-state index contributed by atoms with van der Waals surface area (Å²) in [5, 5.41) is 8.99. The van der Waals surface area contributed by atoms with Crippen LogP contribution >= 0.6 is 0 Å². The summed E-state index contributed by atoms with van der Waals surface area (Å²) in [4.78, 5) is 0. The van der Waals surface area contributed by atoms with Crippen molar-refractivity contribution in [2.75, 3.05) is 0 Å². The first kappa shape index (κ1) is 13.4. The fraction of sp³-hybridized carbons (Fsp3) is 0.526. The highest BCUT2D eigenvalue weighted by molar-refractivity contribution is 5.39. The predicted molar refractivity (Wildman–Crippen MR) is 82.3 cm³/mol. The van der Waals surface area contributed by atoms with E-state index in [1.807, 2.05) is 6.07 Å². The highest BCUT2D eigenvalue weighted by Crippen LogP contribution is 2.39. The molecule has 2 aliphatic carbocycles. The molecular weight excluding hydrogens is 242 g/mol. The Morgan fingerprint density at radius 1 is 1.05 bits per heavy atom. The molecule has 1 unspecified atom stereocenters. The number of allylic oxidation sites excluding steroid dienone is 1. The van der Waals surface area contributed by atoms with E-state index < -0.39 is 0 Å². The first-order chi connectivity index (χ1) is 9.80. The molecule has 0 amide bonds. The van der Waals surface area contributed by atoms with Gasteiger partial charge in [0.05, 0.1) is 11.6 Å². The van der Waals surface area contributed by atoms with Crippen molar-refractivity contribution < 1.29 is 0 Å². The number of hydrogen-bond donors (Lipinski definition) is 0. The van der Waals surface area contributed by atoms with Crippen molar-refractivity contribution in [3.8, 4) is 6.07 Å². The van der Waals surface area contributed by atoms with Crippen LogP contribution in [0.5, 0.6) is 0 Å². The van der Waals surface area contributed by atoms with Gasteiger partial charge in [0.2, 0.25) is 0 Å². The van der Waals surface area contributed by atoms with E-state index >= 15 is 0 Å². The van der Waals surface area contributed by atoms with Gasteiger partial charge >= 0.3 is 0 Å². The molecular formula is C19H23N. The van der Waals surface area contributed by atoms with Crippen molar-refractivity contribution in [3.05, 3.63) is 47.5 Å². The van der Waals surface area contributed by atoms with Crippen molar-refractivity contribution in [3.63, 3.8) is 0 Å². The van der Waals surface area contributed by atoms with Gasteiger partial charge in [0.15, 0.2) is 0 Å². The van der Waals surface area contributed by atoms with Crippen LogP contribution in [-0.4, -0.2) is 0 Å². The van der Waals surface area contributed by atoms with E-state index in [1.165, 1.54) is 49.7 Å².